The van der Waals surface area contributed by atoms with Gasteiger partial charge in [-0.3, -0.25) is 10.4 Å². The van der Waals surface area contributed by atoms with Gasteiger partial charge in [-0.25, -0.2) is 0 Å². The standard InChI is InChI=1S/C28H28ClN5S/c1-19(31-32-23-13-14-30-24-18-21(29)10-11-22(23)24)20-9-12-28-26(17-20)34(16-6-15-33(2)3)25-7-4-5-8-27(25)35-28/h4-5,7-14,17-18H,6,15-16H2,1-3H3,(H,30,32)/b31-19+. The van der Waals surface area contributed by atoms with E-state index < -0.39 is 0 Å². The lowest BCUT2D eigenvalue weighted by Crippen LogP contribution is -2.25. The van der Waals surface area contributed by atoms with Crippen LogP contribution in [0.1, 0.15) is 18.9 Å². The number of nitrogens with zero attached hydrogens (tertiary/aromatic N) is 4. The monoisotopic (exact) mass is 501 g/mol. The molecule has 0 spiro atoms. The molecule has 4 aromatic rings. The highest BCUT2D eigenvalue weighted by Gasteiger charge is 2.23. The van der Waals surface area contributed by atoms with Crippen LogP contribution in [0.3, 0.4) is 0 Å². The maximum Gasteiger partial charge on any atom is 0.0738 e. The van der Waals surface area contributed by atoms with Crippen LogP contribution in [0, 0.1) is 0 Å². The van der Waals surface area contributed by atoms with Gasteiger partial charge in [0.15, 0.2) is 0 Å². The van der Waals surface area contributed by atoms with Gasteiger partial charge in [-0.15, -0.1) is 0 Å². The zero-order valence-electron chi connectivity index (χ0n) is 20.1. The molecule has 0 unspecified atom stereocenters. The van der Waals surface area contributed by atoms with Crippen LogP contribution >= 0.6 is 23.4 Å². The van der Waals surface area contributed by atoms with E-state index in [4.69, 9.17) is 16.7 Å². The number of hydrazone groups is 1. The highest BCUT2D eigenvalue weighted by atomic mass is 35.5. The zero-order chi connectivity index (χ0) is 24.4. The van der Waals surface area contributed by atoms with Gasteiger partial charge in [-0.1, -0.05) is 41.6 Å². The molecule has 3 aromatic carbocycles. The minimum absolute atomic E-state index is 0.672. The number of anilines is 3. The fraction of sp³-hybridized carbons (Fsp3) is 0.214. The molecule has 178 valence electrons. The Bertz CT molecular complexity index is 1400. The van der Waals surface area contributed by atoms with E-state index in [1.165, 1.54) is 21.2 Å². The second kappa shape index (κ2) is 10.3. The average Bonchev–Trinajstić information content (AvgIpc) is 2.86. The van der Waals surface area contributed by atoms with Crippen LogP contribution in [0.25, 0.3) is 10.9 Å². The largest absolute Gasteiger partial charge is 0.340 e. The molecule has 0 aliphatic carbocycles. The molecular formula is C28H28ClN5S. The summed E-state index contributed by atoms with van der Waals surface area (Å²) in [5.41, 5.74) is 9.51. The van der Waals surface area contributed by atoms with E-state index in [0.717, 1.165) is 47.4 Å². The number of aromatic nitrogens is 1. The van der Waals surface area contributed by atoms with Gasteiger partial charge < -0.3 is 9.80 Å². The molecule has 1 N–H and O–H groups in total. The predicted octanol–water partition coefficient (Wildman–Crippen LogP) is 7.28. The van der Waals surface area contributed by atoms with Crippen molar-refractivity contribution in [3.8, 4) is 0 Å². The lowest BCUT2D eigenvalue weighted by Gasteiger charge is -2.33. The molecule has 0 fully saturated rings. The second-order valence-corrected chi connectivity index (χ2v) is 10.4. The summed E-state index contributed by atoms with van der Waals surface area (Å²) in [4.78, 5) is 11.7. The van der Waals surface area contributed by atoms with Gasteiger partial charge >= 0.3 is 0 Å². The van der Waals surface area contributed by atoms with Gasteiger partial charge in [0.1, 0.15) is 0 Å². The summed E-state index contributed by atoms with van der Waals surface area (Å²) in [6.07, 6.45) is 2.86. The minimum atomic E-state index is 0.672. The van der Waals surface area contributed by atoms with Crippen LogP contribution in [0.2, 0.25) is 5.02 Å². The number of rotatable bonds is 7. The number of fused-ring (bicyclic) bond motifs is 3. The summed E-state index contributed by atoms with van der Waals surface area (Å²) < 4.78 is 0. The normalized spacial score (nSPS) is 13.2. The Hall–Kier alpha value is -3.06. The van der Waals surface area contributed by atoms with Gasteiger partial charge in [0, 0.05) is 32.9 Å². The van der Waals surface area contributed by atoms with E-state index in [2.05, 4.69) is 76.8 Å². The van der Waals surface area contributed by atoms with Gasteiger partial charge in [0.25, 0.3) is 0 Å². The Kier molecular flexibility index (Phi) is 6.95. The third kappa shape index (κ3) is 5.15. The van der Waals surface area contributed by atoms with Crippen molar-refractivity contribution in [1.29, 1.82) is 0 Å². The maximum atomic E-state index is 6.13. The highest BCUT2D eigenvalue weighted by molar-refractivity contribution is 7.99. The van der Waals surface area contributed by atoms with Crippen molar-refractivity contribution in [3.63, 3.8) is 0 Å². The van der Waals surface area contributed by atoms with Crippen LogP contribution in [-0.4, -0.2) is 42.8 Å². The van der Waals surface area contributed by atoms with Crippen molar-refractivity contribution in [2.75, 3.05) is 37.5 Å². The quantitative estimate of drug-likeness (QED) is 0.213. The Balaban J connectivity index is 1.44. The summed E-state index contributed by atoms with van der Waals surface area (Å²) in [7, 11) is 4.25. The summed E-state index contributed by atoms with van der Waals surface area (Å²) >= 11 is 7.96. The van der Waals surface area contributed by atoms with Gasteiger partial charge in [-0.2, -0.15) is 5.10 Å². The first-order chi connectivity index (χ1) is 17.0. The van der Waals surface area contributed by atoms with Crippen LogP contribution in [-0.2, 0) is 0 Å². The van der Waals surface area contributed by atoms with Crippen LogP contribution in [0.4, 0.5) is 17.1 Å². The first kappa shape index (κ1) is 23.7. The fourth-order valence-electron chi connectivity index (χ4n) is 4.27. The number of hydrogen-bond acceptors (Lipinski definition) is 6. The summed E-state index contributed by atoms with van der Waals surface area (Å²) in [5, 5.41) is 6.37. The summed E-state index contributed by atoms with van der Waals surface area (Å²) in [6.45, 7) is 4.05. The molecule has 35 heavy (non-hydrogen) atoms. The zero-order valence-corrected chi connectivity index (χ0v) is 21.7. The molecule has 0 saturated heterocycles. The van der Waals surface area contributed by atoms with E-state index in [9.17, 15) is 0 Å². The van der Waals surface area contributed by atoms with Gasteiger partial charge in [0.2, 0.25) is 0 Å². The molecule has 5 rings (SSSR count). The van der Waals surface area contributed by atoms with Crippen molar-refractivity contribution in [3.05, 3.63) is 83.5 Å². The topological polar surface area (TPSA) is 43.8 Å². The second-order valence-electron chi connectivity index (χ2n) is 8.89. The number of nitrogens with one attached hydrogen (secondary N) is 1. The van der Waals surface area contributed by atoms with E-state index in [1.807, 2.05) is 43.0 Å². The number of halogens is 1. The lowest BCUT2D eigenvalue weighted by atomic mass is 10.1. The van der Waals surface area contributed by atoms with Crippen molar-refractivity contribution in [1.82, 2.24) is 9.88 Å². The van der Waals surface area contributed by atoms with E-state index in [1.54, 1.807) is 6.20 Å². The molecule has 0 bridgehead atoms. The predicted molar refractivity (Wildman–Crippen MR) is 150 cm³/mol. The van der Waals surface area contributed by atoms with Crippen molar-refractivity contribution in [2.45, 2.75) is 23.1 Å². The van der Waals surface area contributed by atoms with Crippen molar-refractivity contribution in [2.24, 2.45) is 5.10 Å². The molecule has 2 heterocycles. The third-order valence-electron chi connectivity index (χ3n) is 6.08. The van der Waals surface area contributed by atoms with Crippen molar-refractivity contribution < 1.29 is 0 Å². The first-order valence-corrected chi connectivity index (χ1v) is 12.9. The fourth-order valence-corrected chi connectivity index (χ4v) is 5.51. The van der Waals surface area contributed by atoms with E-state index >= 15 is 0 Å². The Labute approximate surface area is 215 Å². The summed E-state index contributed by atoms with van der Waals surface area (Å²) in [5.74, 6) is 0. The average molecular weight is 502 g/mol. The molecule has 1 aromatic heterocycles. The smallest absolute Gasteiger partial charge is 0.0738 e. The molecule has 0 saturated carbocycles. The Morgan fingerprint density at radius 1 is 1.03 bits per heavy atom. The highest BCUT2D eigenvalue weighted by Crippen LogP contribution is 2.48. The Morgan fingerprint density at radius 3 is 2.71 bits per heavy atom. The third-order valence-corrected chi connectivity index (χ3v) is 7.44. The van der Waals surface area contributed by atoms with Crippen molar-refractivity contribution >= 4 is 57.0 Å². The molecule has 0 amide bonds. The molecule has 5 nitrogen and oxygen atoms in total. The minimum Gasteiger partial charge on any atom is -0.340 e. The van der Waals surface area contributed by atoms with Crippen LogP contribution in [0.5, 0.6) is 0 Å². The molecule has 1 aliphatic rings. The lowest BCUT2D eigenvalue weighted by molar-refractivity contribution is 0.402. The molecule has 0 radical (unpaired) electrons. The van der Waals surface area contributed by atoms with Gasteiger partial charge in [0.05, 0.1) is 28.3 Å². The Morgan fingerprint density at radius 2 is 1.86 bits per heavy atom. The summed E-state index contributed by atoms with van der Waals surface area (Å²) in [6, 6.07) is 22.9. The van der Waals surface area contributed by atoms with Crippen LogP contribution < -0.4 is 10.3 Å². The van der Waals surface area contributed by atoms with E-state index in [0.29, 0.717) is 5.02 Å². The number of benzene rings is 3. The molecule has 7 heteroatoms. The first-order valence-electron chi connectivity index (χ1n) is 11.7. The SMILES string of the molecule is C/C(=N\Nc1ccnc2cc(Cl)ccc12)c1ccc2c(c1)N(CCCN(C)C)c1ccccc1S2. The number of pyridine rings is 1. The van der Waals surface area contributed by atoms with Gasteiger partial charge in [-0.05, 0) is 88.1 Å². The molecular weight excluding hydrogens is 474 g/mol. The van der Waals surface area contributed by atoms with E-state index in [-0.39, 0.29) is 0 Å². The van der Waals surface area contributed by atoms with Crippen LogP contribution in [0.15, 0.2) is 87.8 Å². The number of para-hydroxylation sites is 1. The maximum absolute atomic E-state index is 6.13. The molecule has 0 atom stereocenters. The number of hydrogen-bond donors (Lipinski definition) is 1. The molecule has 1 aliphatic heterocycles.